The lowest BCUT2D eigenvalue weighted by Gasteiger charge is -2.14. The van der Waals surface area contributed by atoms with Crippen LogP contribution in [0.3, 0.4) is 0 Å². The lowest BCUT2D eigenvalue weighted by atomic mass is 9.98. The van der Waals surface area contributed by atoms with Crippen molar-refractivity contribution < 1.29 is 8.78 Å². The maximum Gasteiger partial charge on any atom is 0.129 e. The van der Waals surface area contributed by atoms with Crippen molar-refractivity contribution in [2.75, 3.05) is 0 Å². The average molecular weight is 325 g/mol. The van der Waals surface area contributed by atoms with Crippen LogP contribution in [0.4, 0.5) is 8.78 Å². The van der Waals surface area contributed by atoms with E-state index in [2.05, 4.69) is 22.0 Å². The minimum atomic E-state index is -0.491. The second kappa shape index (κ2) is 5.83. The number of hydrogen-bond acceptors (Lipinski definition) is 0. The molecular formula is C16H15BrF2. The summed E-state index contributed by atoms with van der Waals surface area (Å²) in [6.45, 7) is 4.03. The van der Waals surface area contributed by atoms with Gasteiger partial charge in [0.25, 0.3) is 0 Å². The summed E-state index contributed by atoms with van der Waals surface area (Å²) in [4.78, 5) is -0.0977. The zero-order chi connectivity index (χ0) is 14.0. The van der Waals surface area contributed by atoms with Gasteiger partial charge in [-0.15, -0.1) is 0 Å². The Balaban J connectivity index is 2.28. The molecule has 0 bridgehead atoms. The fourth-order valence-corrected chi connectivity index (χ4v) is 3.03. The molecule has 0 saturated heterocycles. The van der Waals surface area contributed by atoms with Crippen LogP contribution in [-0.2, 0) is 6.42 Å². The first-order valence-corrected chi connectivity index (χ1v) is 7.04. The predicted molar refractivity (Wildman–Crippen MR) is 77.6 cm³/mol. The van der Waals surface area contributed by atoms with Crippen LogP contribution < -0.4 is 0 Å². The first-order chi connectivity index (χ1) is 8.99. The molecule has 0 aliphatic carbocycles. The summed E-state index contributed by atoms with van der Waals surface area (Å²) in [5.41, 5.74) is 3.49. The molecule has 2 aromatic rings. The van der Waals surface area contributed by atoms with Crippen LogP contribution in [0.2, 0.25) is 0 Å². The molecule has 0 amide bonds. The minimum Gasteiger partial charge on any atom is -0.207 e. The van der Waals surface area contributed by atoms with Gasteiger partial charge in [0.15, 0.2) is 0 Å². The second-order valence-corrected chi connectivity index (χ2v) is 5.84. The van der Waals surface area contributed by atoms with Gasteiger partial charge in [-0.05, 0) is 43.5 Å². The van der Waals surface area contributed by atoms with Crippen molar-refractivity contribution in [1.29, 1.82) is 0 Å². The molecule has 0 aliphatic rings. The van der Waals surface area contributed by atoms with Gasteiger partial charge < -0.3 is 0 Å². The average Bonchev–Trinajstić information content (AvgIpc) is 2.33. The highest BCUT2D eigenvalue weighted by atomic mass is 79.9. The van der Waals surface area contributed by atoms with E-state index in [4.69, 9.17) is 0 Å². The van der Waals surface area contributed by atoms with Crippen molar-refractivity contribution >= 4 is 15.9 Å². The molecule has 0 heterocycles. The molecule has 2 aromatic carbocycles. The molecule has 0 spiro atoms. The molecule has 100 valence electrons. The summed E-state index contributed by atoms with van der Waals surface area (Å²) in [7, 11) is 0. The molecular weight excluding hydrogens is 310 g/mol. The van der Waals surface area contributed by atoms with E-state index in [1.807, 2.05) is 26.0 Å². The topological polar surface area (TPSA) is 0 Å². The molecule has 0 saturated carbocycles. The SMILES string of the molecule is Cc1ccc(C(Br)Cc2c(F)cccc2F)c(C)c1. The number of alkyl halides is 1. The summed E-state index contributed by atoms with van der Waals surface area (Å²) in [5.74, 6) is -0.983. The second-order valence-electron chi connectivity index (χ2n) is 4.73. The van der Waals surface area contributed by atoms with Crippen LogP contribution in [-0.4, -0.2) is 0 Å². The van der Waals surface area contributed by atoms with E-state index in [9.17, 15) is 8.78 Å². The standard InChI is InChI=1S/C16H15BrF2/c1-10-6-7-12(11(2)8-10)14(17)9-13-15(18)4-3-5-16(13)19/h3-8,14H,9H2,1-2H3. The predicted octanol–water partition coefficient (Wildman–Crippen LogP) is 5.26. The van der Waals surface area contributed by atoms with Gasteiger partial charge in [0, 0.05) is 10.4 Å². The third-order valence-corrected chi connectivity index (χ3v) is 4.02. The van der Waals surface area contributed by atoms with E-state index in [0.717, 1.165) is 11.1 Å². The Hall–Kier alpha value is -1.22. The fraction of sp³-hybridized carbons (Fsp3) is 0.250. The largest absolute Gasteiger partial charge is 0.207 e. The molecule has 0 aromatic heterocycles. The summed E-state index contributed by atoms with van der Waals surface area (Å²) < 4.78 is 27.3. The van der Waals surface area contributed by atoms with Crippen molar-refractivity contribution in [3.63, 3.8) is 0 Å². The summed E-state index contributed by atoms with van der Waals surface area (Å²) in [6.07, 6.45) is 0.294. The molecule has 0 nitrogen and oxygen atoms in total. The molecule has 0 radical (unpaired) electrons. The summed E-state index contributed by atoms with van der Waals surface area (Å²) in [5, 5.41) is 0. The van der Waals surface area contributed by atoms with Crippen LogP contribution in [0.25, 0.3) is 0 Å². The lowest BCUT2D eigenvalue weighted by Crippen LogP contribution is -2.03. The quantitative estimate of drug-likeness (QED) is 0.675. The molecule has 0 N–H and O–H groups in total. The van der Waals surface area contributed by atoms with Gasteiger partial charge in [-0.1, -0.05) is 45.8 Å². The third kappa shape index (κ3) is 3.21. The Morgan fingerprint density at radius 3 is 2.26 bits per heavy atom. The Labute approximate surface area is 120 Å². The van der Waals surface area contributed by atoms with E-state index in [-0.39, 0.29) is 10.4 Å². The number of hydrogen-bond donors (Lipinski definition) is 0. The van der Waals surface area contributed by atoms with Gasteiger partial charge in [0.1, 0.15) is 11.6 Å². The minimum absolute atomic E-state index is 0.0977. The third-order valence-electron chi connectivity index (χ3n) is 3.21. The highest BCUT2D eigenvalue weighted by molar-refractivity contribution is 9.09. The van der Waals surface area contributed by atoms with Gasteiger partial charge in [0.2, 0.25) is 0 Å². The molecule has 1 unspecified atom stereocenters. The number of halogens is 3. The van der Waals surface area contributed by atoms with E-state index >= 15 is 0 Å². The number of benzene rings is 2. The zero-order valence-electron chi connectivity index (χ0n) is 10.9. The highest BCUT2D eigenvalue weighted by Crippen LogP contribution is 2.31. The number of rotatable bonds is 3. The van der Waals surface area contributed by atoms with Crippen molar-refractivity contribution in [2.24, 2.45) is 0 Å². The van der Waals surface area contributed by atoms with Crippen molar-refractivity contribution in [3.8, 4) is 0 Å². The summed E-state index contributed by atoms with van der Waals surface area (Å²) >= 11 is 3.53. The van der Waals surface area contributed by atoms with Gasteiger partial charge in [-0.3, -0.25) is 0 Å². The van der Waals surface area contributed by atoms with Gasteiger partial charge in [-0.25, -0.2) is 8.78 Å². The van der Waals surface area contributed by atoms with Crippen LogP contribution in [0.1, 0.15) is 27.1 Å². The molecule has 1 atom stereocenters. The Kier molecular flexibility index (Phi) is 4.35. The Bertz CT molecular complexity index is 573. The maximum absolute atomic E-state index is 13.6. The first kappa shape index (κ1) is 14.2. The smallest absolute Gasteiger partial charge is 0.129 e. The van der Waals surface area contributed by atoms with E-state index in [1.165, 1.54) is 23.8 Å². The molecule has 3 heteroatoms. The summed E-state index contributed by atoms with van der Waals surface area (Å²) in [6, 6.07) is 10.0. The fourth-order valence-electron chi connectivity index (χ4n) is 2.19. The number of aryl methyl sites for hydroxylation is 2. The molecule has 0 aliphatic heterocycles. The van der Waals surface area contributed by atoms with Crippen LogP contribution in [0, 0.1) is 25.5 Å². The first-order valence-electron chi connectivity index (χ1n) is 6.13. The molecule has 0 fully saturated rings. The van der Waals surface area contributed by atoms with Crippen LogP contribution in [0.5, 0.6) is 0 Å². The molecule has 19 heavy (non-hydrogen) atoms. The lowest BCUT2D eigenvalue weighted by molar-refractivity contribution is 0.554. The zero-order valence-corrected chi connectivity index (χ0v) is 12.5. The van der Waals surface area contributed by atoms with Gasteiger partial charge in [0.05, 0.1) is 0 Å². The van der Waals surface area contributed by atoms with Crippen LogP contribution in [0.15, 0.2) is 36.4 Å². The monoisotopic (exact) mass is 324 g/mol. The molecule has 2 rings (SSSR count). The van der Waals surface area contributed by atoms with E-state index < -0.39 is 11.6 Å². The Morgan fingerprint density at radius 2 is 1.68 bits per heavy atom. The van der Waals surface area contributed by atoms with Gasteiger partial charge >= 0.3 is 0 Å². The van der Waals surface area contributed by atoms with Crippen molar-refractivity contribution in [2.45, 2.75) is 25.1 Å². The van der Waals surface area contributed by atoms with Crippen molar-refractivity contribution in [1.82, 2.24) is 0 Å². The Morgan fingerprint density at radius 1 is 1.05 bits per heavy atom. The van der Waals surface area contributed by atoms with E-state index in [1.54, 1.807) is 0 Å². The highest BCUT2D eigenvalue weighted by Gasteiger charge is 2.16. The maximum atomic E-state index is 13.6. The van der Waals surface area contributed by atoms with Crippen LogP contribution >= 0.6 is 15.9 Å². The van der Waals surface area contributed by atoms with Crippen molar-refractivity contribution in [3.05, 3.63) is 70.3 Å². The normalized spacial score (nSPS) is 12.5. The van der Waals surface area contributed by atoms with Gasteiger partial charge in [-0.2, -0.15) is 0 Å². The van der Waals surface area contributed by atoms with E-state index in [0.29, 0.717) is 6.42 Å².